The van der Waals surface area contributed by atoms with E-state index in [1.165, 1.54) is 17.6 Å². The van der Waals surface area contributed by atoms with E-state index >= 15 is 0 Å². The Hall–Kier alpha value is -3.33. The highest BCUT2D eigenvalue weighted by Crippen LogP contribution is 2.37. The van der Waals surface area contributed by atoms with Gasteiger partial charge in [-0.1, -0.05) is 35.9 Å². The summed E-state index contributed by atoms with van der Waals surface area (Å²) in [6, 6.07) is 10.1. The second-order valence-electron chi connectivity index (χ2n) is 8.31. The largest absolute Gasteiger partial charge is 0.460 e. The van der Waals surface area contributed by atoms with Gasteiger partial charge in [0.25, 0.3) is 5.56 Å². The maximum absolute atomic E-state index is 13.5. The highest BCUT2D eigenvalue weighted by molar-refractivity contribution is 6.33. The molecular formula is C25H23ClF3N3O3. The average molecular weight is 506 g/mol. The smallest absolute Gasteiger partial charge is 0.416 e. The molecule has 1 aromatic heterocycles. The molecule has 0 saturated carbocycles. The number of rotatable bonds is 5. The van der Waals surface area contributed by atoms with E-state index in [0.717, 1.165) is 23.3 Å². The number of fused-ring (bicyclic) bond motifs is 1. The summed E-state index contributed by atoms with van der Waals surface area (Å²) < 4.78 is 46.1. The number of ether oxygens (including phenoxy) is 1. The Morgan fingerprint density at radius 3 is 2.60 bits per heavy atom. The Labute approximate surface area is 204 Å². The van der Waals surface area contributed by atoms with Crippen LogP contribution in [0.1, 0.15) is 42.3 Å². The maximum Gasteiger partial charge on any atom is 0.416 e. The number of benzene rings is 2. The van der Waals surface area contributed by atoms with Gasteiger partial charge in [-0.25, -0.2) is 4.98 Å². The lowest BCUT2D eigenvalue weighted by Crippen LogP contribution is -2.32. The van der Waals surface area contributed by atoms with Crippen molar-refractivity contribution in [1.82, 2.24) is 9.55 Å². The molecule has 2 atom stereocenters. The summed E-state index contributed by atoms with van der Waals surface area (Å²) >= 11 is 6.19. The first-order valence-corrected chi connectivity index (χ1v) is 11.4. The molecule has 35 heavy (non-hydrogen) atoms. The molecule has 4 rings (SSSR count). The minimum Gasteiger partial charge on any atom is -0.460 e. The molecule has 0 amide bonds. The van der Waals surface area contributed by atoms with E-state index in [4.69, 9.17) is 16.3 Å². The van der Waals surface area contributed by atoms with Crippen molar-refractivity contribution in [3.63, 3.8) is 0 Å². The second kappa shape index (κ2) is 9.37. The Morgan fingerprint density at radius 2 is 1.97 bits per heavy atom. The number of alkyl halides is 3. The minimum absolute atomic E-state index is 0.159. The Kier molecular flexibility index (Phi) is 6.64. The van der Waals surface area contributed by atoms with Crippen LogP contribution in [0.3, 0.4) is 0 Å². The molecule has 0 bridgehead atoms. The van der Waals surface area contributed by atoms with Crippen LogP contribution >= 0.6 is 11.6 Å². The molecule has 6 nitrogen and oxygen atoms in total. The number of esters is 1. The minimum atomic E-state index is -4.54. The Morgan fingerprint density at radius 1 is 1.26 bits per heavy atom. The normalized spacial score (nSPS) is 17.2. The number of nitrogens with one attached hydrogen (secondary N) is 1. The van der Waals surface area contributed by atoms with Crippen LogP contribution in [0.15, 0.2) is 47.3 Å². The molecule has 3 aromatic rings. The molecule has 0 fully saturated rings. The SMILES string of the molecule is CCn1c(-c2ccc(C(F)(F)F)cc2Cl)nc(C)c(N[C@@H]2c3ccccc3C[C@@H]2OC(C)=O)c1=O. The van der Waals surface area contributed by atoms with Crippen LogP contribution < -0.4 is 10.9 Å². The third-order valence-corrected chi connectivity index (χ3v) is 6.32. The van der Waals surface area contributed by atoms with E-state index in [2.05, 4.69) is 10.3 Å². The van der Waals surface area contributed by atoms with Crippen LogP contribution in [0.4, 0.5) is 18.9 Å². The zero-order valence-electron chi connectivity index (χ0n) is 19.2. The van der Waals surface area contributed by atoms with Crippen LogP contribution in [0.2, 0.25) is 5.02 Å². The van der Waals surface area contributed by atoms with E-state index in [9.17, 15) is 22.8 Å². The highest BCUT2D eigenvalue weighted by atomic mass is 35.5. The van der Waals surface area contributed by atoms with Crippen LogP contribution in [-0.2, 0) is 28.7 Å². The molecule has 2 aromatic carbocycles. The van der Waals surface area contributed by atoms with E-state index in [1.807, 2.05) is 24.3 Å². The van der Waals surface area contributed by atoms with E-state index in [0.29, 0.717) is 12.1 Å². The molecule has 0 unspecified atom stereocenters. The van der Waals surface area contributed by atoms with E-state index < -0.39 is 35.4 Å². The topological polar surface area (TPSA) is 73.2 Å². The number of halogens is 4. The summed E-state index contributed by atoms with van der Waals surface area (Å²) in [5, 5.41) is 3.07. The molecular weight excluding hydrogens is 483 g/mol. The Balaban J connectivity index is 1.77. The highest BCUT2D eigenvalue weighted by Gasteiger charge is 2.36. The van der Waals surface area contributed by atoms with Crippen molar-refractivity contribution in [1.29, 1.82) is 0 Å². The number of hydrogen-bond acceptors (Lipinski definition) is 5. The number of aryl methyl sites for hydroxylation is 1. The Bertz CT molecular complexity index is 1350. The van der Waals surface area contributed by atoms with Crippen molar-refractivity contribution in [3.8, 4) is 11.4 Å². The van der Waals surface area contributed by atoms with E-state index in [-0.39, 0.29) is 28.6 Å². The third-order valence-electron chi connectivity index (χ3n) is 6.00. The van der Waals surface area contributed by atoms with Crippen molar-refractivity contribution in [2.24, 2.45) is 0 Å². The number of carbonyl (C=O) groups is 1. The van der Waals surface area contributed by atoms with Gasteiger partial charge in [0.1, 0.15) is 17.6 Å². The van der Waals surface area contributed by atoms with Crippen molar-refractivity contribution < 1.29 is 22.7 Å². The van der Waals surface area contributed by atoms with Gasteiger partial charge in [-0.2, -0.15) is 13.2 Å². The predicted octanol–water partition coefficient (Wildman–Crippen LogP) is 5.55. The van der Waals surface area contributed by atoms with Gasteiger partial charge in [0.05, 0.1) is 22.3 Å². The molecule has 1 heterocycles. The first-order valence-electron chi connectivity index (χ1n) is 11.0. The lowest BCUT2D eigenvalue weighted by molar-refractivity contribution is -0.146. The quantitative estimate of drug-likeness (QED) is 0.460. The maximum atomic E-state index is 13.5. The van der Waals surface area contributed by atoms with Gasteiger partial charge in [-0.15, -0.1) is 0 Å². The first-order chi connectivity index (χ1) is 16.5. The molecule has 10 heteroatoms. The standard InChI is InChI=1S/C25H23ClF3N3O3/c1-4-32-23(18-10-9-16(12-19(18)26)25(27,28)29)30-13(2)21(24(32)34)31-22-17-8-6-5-7-15(17)11-20(22)35-14(3)33/h5-10,12,20,22,31H,4,11H2,1-3H3/t20-,22+/m0/s1. The molecule has 0 radical (unpaired) electrons. The van der Waals surface area contributed by atoms with Gasteiger partial charge in [0, 0.05) is 25.5 Å². The van der Waals surface area contributed by atoms with Crippen molar-refractivity contribution in [2.45, 2.75) is 52.1 Å². The van der Waals surface area contributed by atoms with Crippen molar-refractivity contribution >= 4 is 23.3 Å². The summed E-state index contributed by atoms with van der Waals surface area (Å²) in [7, 11) is 0. The summed E-state index contributed by atoms with van der Waals surface area (Å²) in [6.07, 6.45) is -4.55. The fourth-order valence-electron chi connectivity index (χ4n) is 4.41. The van der Waals surface area contributed by atoms with Crippen LogP contribution in [-0.4, -0.2) is 21.6 Å². The number of nitrogens with zero attached hydrogens (tertiary/aromatic N) is 2. The van der Waals surface area contributed by atoms with Gasteiger partial charge >= 0.3 is 12.1 Å². The lowest BCUT2D eigenvalue weighted by atomic mass is 10.1. The average Bonchev–Trinajstić information content (AvgIpc) is 3.11. The summed E-state index contributed by atoms with van der Waals surface area (Å²) in [4.78, 5) is 29.7. The molecule has 1 N–H and O–H groups in total. The van der Waals surface area contributed by atoms with Gasteiger partial charge in [-0.05, 0) is 43.2 Å². The summed E-state index contributed by atoms with van der Waals surface area (Å²) in [6.45, 7) is 4.91. The van der Waals surface area contributed by atoms with Gasteiger partial charge in [-0.3, -0.25) is 14.2 Å². The molecule has 1 aliphatic rings. The zero-order chi connectivity index (χ0) is 25.5. The van der Waals surface area contributed by atoms with Crippen LogP contribution in [0.25, 0.3) is 11.4 Å². The molecule has 0 spiro atoms. The number of hydrogen-bond donors (Lipinski definition) is 1. The molecule has 0 saturated heterocycles. The van der Waals surface area contributed by atoms with Gasteiger partial charge < -0.3 is 10.1 Å². The van der Waals surface area contributed by atoms with Gasteiger partial charge in [0.15, 0.2) is 0 Å². The van der Waals surface area contributed by atoms with E-state index in [1.54, 1.807) is 13.8 Å². The number of aromatic nitrogens is 2. The summed E-state index contributed by atoms with van der Waals surface area (Å²) in [5.74, 6) is -0.259. The number of carbonyl (C=O) groups excluding carboxylic acids is 1. The summed E-state index contributed by atoms with van der Waals surface area (Å²) in [5.41, 5.74) is 1.41. The molecule has 184 valence electrons. The lowest BCUT2D eigenvalue weighted by Gasteiger charge is -2.24. The van der Waals surface area contributed by atoms with Crippen molar-refractivity contribution in [2.75, 3.05) is 5.32 Å². The fraction of sp³-hybridized carbons (Fsp3) is 0.320. The van der Waals surface area contributed by atoms with Crippen LogP contribution in [0, 0.1) is 6.92 Å². The third kappa shape index (κ3) is 4.77. The van der Waals surface area contributed by atoms with Crippen molar-refractivity contribution in [3.05, 3.63) is 80.2 Å². The fourth-order valence-corrected chi connectivity index (χ4v) is 4.67. The predicted molar refractivity (Wildman–Crippen MR) is 126 cm³/mol. The monoisotopic (exact) mass is 505 g/mol. The van der Waals surface area contributed by atoms with Crippen LogP contribution in [0.5, 0.6) is 0 Å². The zero-order valence-corrected chi connectivity index (χ0v) is 20.0. The molecule has 1 aliphatic carbocycles. The molecule has 0 aliphatic heterocycles. The number of anilines is 1. The first kappa shape index (κ1) is 24.8. The van der Waals surface area contributed by atoms with Gasteiger partial charge in [0.2, 0.25) is 0 Å². The second-order valence-corrected chi connectivity index (χ2v) is 8.72.